The Labute approximate surface area is 104 Å². The summed E-state index contributed by atoms with van der Waals surface area (Å²) >= 11 is 5.24. The number of hydrogen-bond acceptors (Lipinski definition) is 3. The van der Waals surface area contributed by atoms with Gasteiger partial charge in [-0.15, -0.1) is 11.3 Å². The summed E-state index contributed by atoms with van der Waals surface area (Å²) in [5.41, 5.74) is 2.92. The first kappa shape index (κ1) is 13.2. The SMILES string of the molecule is CCC(CC)CC(NN)c1ccc(Br)s1. The molecule has 1 heterocycles. The molecule has 0 aliphatic carbocycles. The average Bonchev–Trinajstić information content (AvgIpc) is 2.67. The molecule has 0 spiro atoms. The standard InChI is InChI=1S/C11H19BrN2S/c1-3-8(4-2)7-9(14-13)10-5-6-11(12)15-10/h5-6,8-9,14H,3-4,7,13H2,1-2H3. The van der Waals surface area contributed by atoms with Crippen molar-refractivity contribution < 1.29 is 0 Å². The normalized spacial score (nSPS) is 13.4. The largest absolute Gasteiger partial charge is 0.271 e. The molecule has 0 radical (unpaired) electrons. The summed E-state index contributed by atoms with van der Waals surface area (Å²) in [5, 5.41) is 0. The Balaban J connectivity index is 2.63. The van der Waals surface area contributed by atoms with Gasteiger partial charge in [0.2, 0.25) is 0 Å². The fourth-order valence-electron chi connectivity index (χ4n) is 1.74. The molecule has 0 bridgehead atoms. The zero-order valence-corrected chi connectivity index (χ0v) is 11.7. The van der Waals surface area contributed by atoms with E-state index in [1.54, 1.807) is 11.3 Å². The van der Waals surface area contributed by atoms with Crippen LogP contribution < -0.4 is 11.3 Å². The molecule has 15 heavy (non-hydrogen) atoms. The minimum Gasteiger partial charge on any atom is -0.271 e. The van der Waals surface area contributed by atoms with Gasteiger partial charge in [-0.1, -0.05) is 26.7 Å². The molecular formula is C11H19BrN2S. The molecule has 86 valence electrons. The van der Waals surface area contributed by atoms with Crippen LogP contribution in [0.25, 0.3) is 0 Å². The zero-order chi connectivity index (χ0) is 11.3. The molecule has 1 aromatic rings. The quantitative estimate of drug-likeness (QED) is 0.617. The van der Waals surface area contributed by atoms with Gasteiger partial charge in [0.25, 0.3) is 0 Å². The predicted octanol–water partition coefficient (Wildman–Crippen LogP) is 3.84. The van der Waals surface area contributed by atoms with Gasteiger partial charge in [0.05, 0.1) is 9.83 Å². The Morgan fingerprint density at radius 2 is 2.07 bits per heavy atom. The van der Waals surface area contributed by atoms with Gasteiger partial charge in [-0.2, -0.15) is 0 Å². The van der Waals surface area contributed by atoms with Gasteiger partial charge >= 0.3 is 0 Å². The third kappa shape index (κ3) is 3.87. The van der Waals surface area contributed by atoms with Crippen molar-refractivity contribution in [1.82, 2.24) is 5.43 Å². The molecule has 1 aromatic heterocycles. The number of nitrogens with two attached hydrogens (primary N) is 1. The van der Waals surface area contributed by atoms with Crippen LogP contribution in [0.2, 0.25) is 0 Å². The maximum Gasteiger partial charge on any atom is 0.0702 e. The van der Waals surface area contributed by atoms with Crippen LogP contribution in [-0.4, -0.2) is 0 Å². The molecule has 2 nitrogen and oxygen atoms in total. The average molecular weight is 291 g/mol. The van der Waals surface area contributed by atoms with E-state index in [4.69, 9.17) is 5.84 Å². The summed E-state index contributed by atoms with van der Waals surface area (Å²) in [6, 6.07) is 4.52. The van der Waals surface area contributed by atoms with Crippen LogP contribution in [0.4, 0.5) is 0 Å². The first-order valence-corrected chi connectivity index (χ1v) is 7.03. The summed E-state index contributed by atoms with van der Waals surface area (Å²) in [5.74, 6) is 6.37. The van der Waals surface area contributed by atoms with E-state index in [-0.39, 0.29) is 0 Å². The van der Waals surface area contributed by atoms with Crippen LogP contribution in [0.15, 0.2) is 15.9 Å². The first-order chi connectivity index (χ1) is 7.21. The van der Waals surface area contributed by atoms with E-state index in [2.05, 4.69) is 47.3 Å². The molecule has 1 rings (SSSR count). The van der Waals surface area contributed by atoms with Crippen molar-refractivity contribution in [1.29, 1.82) is 0 Å². The molecule has 1 atom stereocenters. The van der Waals surface area contributed by atoms with Gasteiger partial charge in [-0.3, -0.25) is 11.3 Å². The second kappa shape index (κ2) is 6.63. The second-order valence-corrected chi connectivity index (χ2v) is 6.27. The zero-order valence-electron chi connectivity index (χ0n) is 9.29. The fraction of sp³-hybridized carbons (Fsp3) is 0.636. The van der Waals surface area contributed by atoms with Gasteiger partial charge in [0.1, 0.15) is 0 Å². The molecule has 0 aromatic carbocycles. The molecule has 0 fully saturated rings. The van der Waals surface area contributed by atoms with E-state index in [9.17, 15) is 0 Å². The number of hydrazine groups is 1. The number of halogens is 1. The Hall–Kier alpha value is 0.1000. The lowest BCUT2D eigenvalue weighted by molar-refractivity contribution is 0.378. The van der Waals surface area contributed by atoms with E-state index in [1.165, 1.54) is 21.5 Å². The highest BCUT2D eigenvalue weighted by Gasteiger charge is 2.16. The summed E-state index contributed by atoms with van der Waals surface area (Å²) in [7, 11) is 0. The molecule has 0 amide bonds. The molecule has 0 saturated carbocycles. The highest BCUT2D eigenvalue weighted by molar-refractivity contribution is 9.11. The summed E-state index contributed by atoms with van der Waals surface area (Å²) in [6.45, 7) is 4.48. The third-order valence-corrected chi connectivity index (χ3v) is 4.60. The highest BCUT2D eigenvalue weighted by Crippen LogP contribution is 2.31. The third-order valence-electron chi connectivity index (χ3n) is 2.86. The van der Waals surface area contributed by atoms with Crippen LogP contribution in [0.1, 0.15) is 44.0 Å². The Bertz CT molecular complexity index is 284. The first-order valence-electron chi connectivity index (χ1n) is 5.42. The maximum atomic E-state index is 5.61. The Morgan fingerprint density at radius 3 is 2.47 bits per heavy atom. The summed E-state index contributed by atoms with van der Waals surface area (Å²) in [6.07, 6.45) is 3.57. The van der Waals surface area contributed by atoms with Crippen LogP contribution in [-0.2, 0) is 0 Å². The van der Waals surface area contributed by atoms with Gasteiger partial charge < -0.3 is 0 Å². The lowest BCUT2D eigenvalue weighted by Crippen LogP contribution is -2.29. The fourth-order valence-corrected chi connectivity index (χ4v) is 3.23. The van der Waals surface area contributed by atoms with Crippen LogP contribution in [0.3, 0.4) is 0 Å². The summed E-state index contributed by atoms with van der Waals surface area (Å²) < 4.78 is 1.17. The van der Waals surface area contributed by atoms with E-state index in [1.807, 2.05) is 0 Å². The van der Waals surface area contributed by atoms with Crippen molar-refractivity contribution in [3.8, 4) is 0 Å². The van der Waals surface area contributed by atoms with Crippen LogP contribution in [0.5, 0.6) is 0 Å². The van der Waals surface area contributed by atoms with Crippen molar-refractivity contribution in [3.05, 3.63) is 20.8 Å². The maximum absolute atomic E-state index is 5.61. The minimum atomic E-state index is 0.297. The van der Waals surface area contributed by atoms with Crippen molar-refractivity contribution >= 4 is 27.3 Å². The van der Waals surface area contributed by atoms with E-state index >= 15 is 0 Å². The number of thiophene rings is 1. The highest BCUT2D eigenvalue weighted by atomic mass is 79.9. The molecular weight excluding hydrogens is 272 g/mol. The van der Waals surface area contributed by atoms with E-state index in [0.717, 1.165) is 12.3 Å². The van der Waals surface area contributed by atoms with Crippen LogP contribution >= 0.6 is 27.3 Å². The molecule has 0 aliphatic heterocycles. The molecule has 0 aliphatic rings. The lowest BCUT2D eigenvalue weighted by atomic mass is 9.94. The van der Waals surface area contributed by atoms with Crippen molar-refractivity contribution in [2.24, 2.45) is 11.8 Å². The molecule has 0 saturated heterocycles. The Kier molecular flexibility index (Phi) is 5.82. The van der Waals surface area contributed by atoms with Crippen molar-refractivity contribution in [3.63, 3.8) is 0 Å². The number of nitrogens with one attached hydrogen (secondary N) is 1. The number of rotatable bonds is 6. The smallest absolute Gasteiger partial charge is 0.0702 e. The van der Waals surface area contributed by atoms with Gasteiger partial charge in [-0.25, -0.2) is 0 Å². The minimum absolute atomic E-state index is 0.297. The lowest BCUT2D eigenvalue weighted by Gasteiger charge is -2.20. The van der Waals surface area contributed by atoms with Crippen molar-refractivity contribution in [2.75, 3.05) is 0 Å². The molecule has 4 heteroatoms. The molecule has 1 unspecified atom stereocenters. The second-order valence-electron chi connectivity index (χ2n) is 3.78. The van der Waals surface area contributed by atoms with Gasteiger partial charge in [0.15, 0.2) is 0 Å². The van der Waals surface area contributed by atoms with Crippen molar-refractivity contribution in [2.45, 2.75) is 39.2 Å². The Morgan fingerprint density at radius 1 is 1.40 bits per heavy atom. The predicted molar refractivity (Wildman–Crippen MR) is 70.8 cm³/mol. The number of hydrogen-bond donors (Lipinski definition) is 2. The van der Waals surface area contributed by atoms with Gasteiger partial charge in [0, 0.05) is 4.88 Å². The monoisotopic (exact) mass is 290 g/mol. The van der Waals surface area contributed by atoms with E-state index < -0.39 is 0 Å². The topological polar surface area (TPSA) is 38.0 Å². The van der Waals surface area contributed by atoms with Gasteiger partial charge in [-0.05, 0) is 40.4 Å². The van der Waals surface area contributed by atoms with Crippen LogP contribution in [0, 0.1) is 5.92 Å². The van der Waals surface area contributed by atoms with E-state index in [0.29, 0.717) is 6.04 Å². The molecule has 3 N–H and O–H groups in total. The summed E-state index contributed by atoms with van der Waals surface area (Å²) in [4.78, 5) is 1.32.